The van der Waals surface area contributed by atoms with Crippen LogP contribution in [-0.4, -0.2) is 25.7 Å². The topological polar surface area (TPSA) is 47.9 Å². The molecule has 4 nitrogen and oxygen atoms in total. The Morgan fingerprint density at radius 2 is 1.27 bits per heavy atom. The molecule has 0 saturated heterocycles. The largest absolute Gasteiger partial charge is 0.497 e. The molecule has 26 heavy (non-hydrogen) atoms. The van der Waals surface area contributed by atoms with Gasteiger partial charge in [0.25, 0.3) is 0 Å². The van der Waals surface area contributed by atoms with Crippen molar-refractivity contribution in [2.24, 2.45) is 4.99 Å². The van der Waals surface area contributed by atoms with Crippen LogP contribution in [0.15, 0.2) is 83.9 Å². The Kier molecular flexibility index (Phi) is 5.44. The second-order valence-corrected chi connectivity index (χ2v) is 5.59. The lowest BCUT2D eigenvalue weighted by atomic mass is 10.00. The van der Waals surface area contributed by atoms with Gasteiger partial charge in [-0.1, -0.05) is 48.5 Å². The van der Waals surface area contributed by atoms with E-state index in [4.69, 9.17) is 9.47 Å². The van der Waals surface area contributed by atoms with Crippen LogP contribution in [0.1, 0.15) is 15.9 Å². The number of ketones is 1. The van der Waals surface area contributed by atoms with Crippen molar-refractivity contribution in [3.63, 3.8) is 0 Å². The summed E-state index contributed by atoms with van der Waals surface area (Å²) in [5.74, 6) is 0.914. The van der Waals surface area contributed by atoms with E-state index in [1.54, 1.807) is 32.4 Å². The molecule has 0 radical (unpaired) electrons. The van der Waals surface area contributed by atoms with E-state index in [0.29, 0.717) is 22.8 Å². The molecule has 0 spiro atoms. The van der Waals surface area contributed by atoms with Crippen molar-refractivity contribution >= 4 is 17.2 Å². The Morgan fingerprint density at radius 1 is 0.731 bits per heavy atom. The van der Waals surface area contributed by atoms with Crippen LogP contribution in [0.25, 0.3) is 0 Å². The first-order chi connectivity index (χ1) is 12.7. The van der Waals surface area contributed by atoms with Crippen molar-refractivity contribution in [2.75, 3.05) is 14.2 Å². The van der Waals surface area contributed by atoms with Crippen LogP contribution in [0.3, 0.4) is 0 Å². The van der Waals surface area contributed by atoms with E-state index in [1.165, 1.54) is 0 Å². The van der Waals surface area contributed by atoms with Gasteiger partial charge in [-0.15, -0.1) is 0 Å². The molecule has 0 fully saturated rings. The monoisotopic (exact) mass is 345 g/mol. The zero-order valence-electron chi connectivity index (χ0n) is 14.7. The molecule has 0 aliphatic heterocycles. The highest BCUT2D eigenvalue weighted by molar-refractivity contribution is 6.51. The fraction of sp³-hybridized carbons (Fsp3) is 0.0909. The van der Waals surface area contributed by atoms with Gasteiger partial charge in [-0.25, -0.2) is 4.99 Å². The van der Waals surface area contributed by atoms with Crippen LogP contribution in [0, 0.1) is 0 Å². The van der Waals surface area contributed by atoms with Crippen LogP contribution in [0.2, 0.25) is 0 Å². The SMILES string of the molecule is COc1cc(OC)cc(C(=O)C(=Nc2ccccc2)c2ccccc2)c1. The van der Waals surface area contributed by atoms with Crippen LogP contribution in [-0.2, 0) is 0 Å². The number of nitrogens with zero attached hydrogens (tertiary/aromatic N) is 1. The average Bonchev–Trinajstić information content (AvgIpc) is 2.72. The van der Waals surface area contributed by atoms with E-state index in [1.807, 2.05) is 60.7 Å². The molecule has 3 aromatic rings. The first-order valence-electron chi connectivity index (χ1n) is 8.18. The number of rotatable bonds is 6. The molecule has 0 bridgehead atoms. The summed E-state index contributed by atoms with van der Waals surface area (Å²) < 4.78 is 10.6. The quantitative estimate of drug-likeness (QED) is 0.480. The zero-order chi connectivity index (χ0) is 18.4. The molecule has 3 rings (SSSR count). The van der Waals surface area contributed by atoms with Crippen molar-refractivity contribution in [1.82, 2.24) is 0 Å². The molecule has 4 heteroatoms. The van der Waals surface area contributed by atoms with Gasteiger partial charge in [0.1, 0.15) is 17.2 Å². The maximum Gasteiger partial charge on any atom is 0.212 e. The first kappa shape index (κ1) is 17.4. The number of benzene rings is 3. The number of ether oxygens (including phenoxy) is 2. The maximum absolute atomic E-state index is 13.2. The summed E-state index contributed by atoms with van der Waals surface area (Å²) in [5.41, 5.74) is 2.30. The molecule has 0 atom stereocenters. The lowest BCUT2D eigenvalue weighted by molar-refractivity contribution is 0.106. The molecule has 0 heterocycles. The Bertz CT molecular complexity index is 896. The van der Waals surface area contributed by atoms with Gasteiger partial charge in [-0.3, -0.25) is 4.79 Å². The van der Waals surface area contributed by atoms with Crippen molar-refractivity contribution in [3.8, 4) is 11.5 Å². The van der Waals surface area contributed by atoms with E-state index < -0.39 is 0 Å². The smallest absolute Gasteiger partial charge is 0.212 e. The van der Waals surface area contributed by atoms with Gasteiger partial charge in [-0.05, 0) is 24.3 Å². The number of carbonyl (C=O) groups is 1. The summed E-state index contributed by atoms with van der Waals surface area (Å²) in [7, 11) is 3.11. The lowest BCUT2D eigenvalue weighted by Crippen LogP contribution is -2.16. The van der Waals surface area contributed by atoms with Crippen molar-refractivity contribution < 1.29 is 14.3 Å². The average molecular weight is 345 g/mol. The Balaban J connectivity index is 2.11. The second-order valence-electron chi connectivity index (χ2n) is 5.59. The van der Waals surface area contributed by atoms with Crippen LogP contribution in [0.5, 0.6) is 11.5 Å². The highest BCUT2D eigenvalue weighted by Crippen LogP contribution is 2.24. The fourth-order valence-electron chi connectivity index (χ4n) is 2.55. The molecule has 0 saturated carbocycles. The first-order valence-corrected chi connectivity index (χ1v) is 8.18. The van der Waals surface area contributed by atoms with Crippen molar-refractivity contribution in [1.29, 1.82) is 0 Å². The minimum absolute atomic E-state index is 0.197. The van der Waals surface area contributed by atoms with Gasteiger partial charge >= 0.3 is 0 Å². The summed E-state index contributed by atoms with van der Waals surface area (Å²) in [4.78, 5) is 17.8. The molecule has 0 aliphatic rings. The van der Waals surface area contributed by atoms with Crippen LogP contribution in [0.4, 0.5) is 5.69 Å². The number of methoxy groups -OCH3 is 2. The summed E-state index contributed by atoms with van der Waals surface area (Å²) in [6, 6.07) is 23.9. The predicted octanol–water partition coefficient (Wildman–Crippen LogP) is 4.71. The third kappa shape index (κ3) is 3.98. The molecule has 130 valence electrons. The molecular weight excluding hydrogens is 326 g/mol. The fourth-order valence-corrected chi connectivity index (χ4v) is 2.55. The highest BCUT2D eigenvalue weighted by Gasteiger charge is 2.18. The summed E-state index contributed by atoms with van der Waals surface area (Å²) in [6.45, 7) is 0. The normalized spacial score (nSPS) is 11.1. The van der Waals surface area contributed by atoms with Crippen LogP contribution >= 0.6 is 0 Å². The molecular formula is C22H19NO3. The minimum atomic E-state index is -0.197. The van der Waals surface area contributed by atoms with Gasteiger partial charge in [0.15, 0.2) is 0 Å². The minimum Gasteiger partial charge on any atom is -0.497 e. The Labute approximate surface area is 152 Å². The lowest BCUT2D eigenvalue weighted by Gasteiger charge is -2.10. The second kappa shape index (κ2) is 8.12. The van der Waals surface area contributed by atoms with Crippen LogP contribution < -0.4 is 9.47 Å². The summed E-state index contributed by atoms with van der Waals surface area (Å²) >= 11 is 0. The van der Waals surface area contributed by atoms with Gasteiger partial charge in [0.05, 0.1) is 19.9 Å². The van der Waals surface area contributed by atoms with Gasteiger partial charge in [0, 0.05) is 17.2 Å². The molecule has 0 amide bonds. The van der Waals surface area contributed by atoms with E-state index in [-0.39, 0.29) is 5.78 Å². The standard InChI is InChI=1S/C22H19NO3/c1-25-19-13-17(14-20(15-19)26-2)22(24)21(16-9-5-3-6-10-16)23-18-11-7-4-8-12-18/h3-15H,1-2H3. The molecule has 0 aliphatic carbocycles. The third-order valence-electron chi connectivity index (χ3n) is 3.87. The molecule has 0 unspecified atom stereocenters. The number of aliphatic imine (C=N–C) groups is 1. The molecule has 0 aromatic heterocycles. The van der Waals surface area contributed by atoms with Gasteiger partial charge < -0.3 is 9.47 Å². The summed E-state index contributed by atoms with van der Waals surface area (Å²) in [6.07, 6.45) is 0. The van der Waals surface area contributed by atoms with E-state index in [0.717, 1.165) is 11.3 Å². The summed E-state index contributed by atoms with van der Waals surface area (Å²) in [5, 5.41) is 0. The maximum atomic E-state index is 13.2. The molecule has 3 aromatic carbocycles. The predicted molar refractivity (Wildman–Crippen MR) is 103 cm³/mol. The number of hydrogen-bond acceptors (Lipinski definition) is 4. The van der Waals surface area contributed by atoms with Gasteiger partial charge in [0.2, 0.25) is 5.78 Å². The van der Waals surface area contributed by atoms with Gasteiger partial charge in [-0.2, -0.15) is 0 Å². The van der Waals surface area contributed by atoms with Crippen molar-refractivity contribution in [2.45, 2.75) is 0 Å². The van der Waals surface area contributed by atoms with E-state index in [9.17, 15) is 4.79 Å². The number of hydrogen-bond donors (Lipinski definition) is 0. The number of carbonyl (C=O) groups excluding carboxylic acids is 1. The zero-order valence-corrected chi connectivity index (χ0v) is 14.7. The molecule has 0 N–H and O–H groups in total. The Hall–Kier alpha value is -3.40. The highest BCUT2D eigenvalue weighted by atomic mass is 16.5. The van der Waals surface area contributed by atoms with Crippen molar-refractivity contribution in [3.05, 3.63) is 90.0 Å². The number of Topliss-reactive ketones (excluding diaryl/α,β-unsaturated/α-hetero) is 1. The van der Waals surface area contributed by atoms with E-state index >= 15 is 0 Å². The van der Waals surface area contributed by atoms with E-state index in [2.05, 4.69) is 4.99 Å². The number of para-hydroxylation sites is 1. The Morgan fingerprint density at radius 3 is 1.81 bits per heavy atom. The third-order valence-corrected chi connectivity index (χ3v) is 3.87.